The van der Waals surface area contributed by atoms with Crippen LogP contribution in [0.5, 0.6) is 17.2 Å². The van der Waals surface area contributed by atoms with Crippen LogP contribution in [-0.2, 0) is 4.74 Å². The molecule has 2 aromatic carbocycles. The highest BCUT2D eigenvalue weighted by molar-refractivity contribution is 6.32. The van der Waals surface area contributed by atoms with Crippen molar-refractivity contribution >= 4 is 17.7 Å². The molecule has 0 aromatic heterocycles. The topological polar surface area (TPSA) is 36.9 Å². The number of aryl methyl sites for hydroxylation is 1. The molecule has 2 aromatic rings. The minimum atomic E-state index is 0.435. The summed E-state index contributed by atoms with van der Waals surface area (Å²) in [4.78, 5) is 0. The zero-order valence-corrected chi connectivity index (χ0v) is 16.2. The van der Waals surface area contributed by atoms with Crippen LogP contribution < -0.4 is 14.2 Å². The second-order valence-corrected chi connectivity index (χ2v) is 6.06. The van der Waals surface area contributed by atoms with Gasteiger partial charge in [-0.25, -0.2) is 0 Å². The van der Waals surface area contributed by atoms with Crippen molar-refractivity contribution < 1.29 is 18.9 Å². The molecule has 0 bridgehead atoms. The summed E-state index contributed by atoms with van der Waals surface area (Å²) in [7, 11) is 1.63. The van der Waals surface area contributed by atoms with Crippen molar-refractivity contribution in [1.29, 1.82) is 0 Å². The largest absolute Gasteiger partial charge is 0.493 e. The van der Waals surface area contributed by atoms with Crippen LogP contribution in [0.15, 0.2) is 42.5 Å². The third kappa shape index (κ3) is 6.28. The van der Waals surface area contributed by atoms with Crippen LogP contribution in [0.3, 0.4) is 0 Å². The fourth-order valence-electron chi connectivity index (χ4n) is 2.34. The molecule has 4 nitrogen and oxygen atoms in total. The molecule has 2 rings (SSSR count). The van der Waals surface area contributed by atoms with Crippen molar-refractivity contribution in [1.82, 2.24) is 0 Å². The predicted molar refractivity (Wildman–Crippen MR) is 106 cm³/mol. The molecule has 140 valence electrons. The first kappa shape index (κ1) is 20.1. The number of allylic oxidation sites excluding steroid dienone is 1. The Hall–Kier alpha value is -2.17. The molecule has 0 atom stereocenters. The molecule has 0 heterocycles. The Bertz CT molecular complexity index is 728. The molecular formula is C21H25ClO4. The molecule has 0 unspecified atom stereocenters. The van der Waals surface area contributed by atoms with Crippen LogP contribution in [-0.4, -0.2) is 33.5 Å². The van der Waals surface area contributed by atoms with Gasteiger partial charge in [-0.1, -0.05) is 35.9 Å². The molecule has 0 aliphatic heterocycles. The maximum Gasteiger partial charge on any atom is 0.161 e. The smallest absolute Gasteiger partial charge is 0.161 e. The molecule has 0 fully saturated rings. The molecule has 0 saturated heterocycles. The van der Waals surface area contributed by atoms with E-state index >= 15 is 0 Å². The molecule has 0 saturated carbocycles. The second kappa shape index (κ2) is 10.7. The Morgan fingerprint density at radius 3 is 2.31 bits per heavy atom. The zero-order valence-electron chi connectivity index (χ0n) is 15.5. The van der Waals surface area contributed by atoms with Gasteiger partial charge in [-0.2, -0.15) is 0 Å². The number of hydrogen-bond acceptors (Lipinski definition) is 4. The third-order valence-corrected chi connectivity index (χ3v) is 3.92. The normalized spacial score (nSPS) is 10.9. The molecule has 0 spiro atoms. The summed E-state index contributed by atoms with van der Waals surface area (Å²) in [6.07, 6.45) is 3.99. The minimum absolute atomic E-state index is 0.435. The molecule has 5 heteroatoms. The van der Waals surface area contributed by atoms with E-state index in [0.29, 0.717) is 48.7 Å². The van der Waals surface area contributed by atoms with E-state index in [1.165, 1.54) is 0 Å². The van der Waals surface area contributed by atoms with Crippen molar-refractivity contribution in [3.8, 4) is 17.2 Å². The summed E-state index contributed by atoms with van der Waals surface area (Å²) < 4.78 is 22.3. The van der Waals surface area contributed by atoms with Gasteiger partial charge >= 0.3 is 0 Å². The van der Waals surface area contributed by atoms with Crippen molar-refractivity contribution in [2.45, 2.75) is 13.8 Å². The quantitative estimate of drug-likeness (QED) is 0.536. The van der Waals surface area contributed by atoms with Gasteiger partial charge in [0, 0.05) is 0 Å². The standard InChI is InChI=1S/C21H25ClO4/c1-4-5-17-7-9-19(21(15-17)23-3)25-12-10-24-11-13-26-20-14-16(2)6-8-18(20)22/h4-9,14-15H,10-13H2,1-3H3. The van der Waals surface area contributed by atoms with E-state index in [9.17, 15) is 0 Å². The fraction of sp³-hybridized carbons (Fsp3) is 0.333. The molecule has 26 heavy (non-hydrogen) atoms. The van der Waals surface area contributed by atoms with E-state index in [1.54, 1.807) is 7.11 Å². The summed E-state index contributed by atoms with van der Waals surface area (Å²) in [6.45, 7) is 5.77. The van der Waals surface area contributed by atoms with E-state index in [0.717, 1.165) is 11.1 Å². The third-order valence-electron chi connectivity index (χ3n) is 3.60. The highest BCUT2D eigenvalue weighted by Gasteiger charge is 2.05. The van der Waals surface area contributed by atoms with Gasteiger partial charge in [0.1, 0.15) is 19.0 Å². The Morgan fingerprint density at radius 2 is 1.62 bits per heavy atom. The Balaban J connectivity index is 1.68. The van der Waals surface area contributed by atoms with Gasteiger partial charge in [0.25, 0.3) is 0 Å². The van der Waals surface area contributed by atoms with Gasteiger partial charge in [0.05, 0.1) is 25.3 Å². The zero-order chi connectivity index (χ0) is 18.8. The lowest BCUT2D eigenvalue weighted by Gasteiger charge is -2.12. The molecule has 0 radical (unpaired) electrons. The summed E-state index contributed by atoms with van der Waals surface area (Å²) in [6, 6.07) is 11.5. The molecule has 0 aliphatic carbocycles. The SMILES string of the molecule is CC=Cc1ccc(OCCOCCOc2cc(C)ccc2Cl)c(OC)c1. The number of rotatable bonds is 10. The lowest BCUT2D eigenvalue weighted by Crippen LogP contribution is -2.12. The molecule has 0 aliphatic rings. The van der Waals surface area contributed by atoms with Crippen LogP contribution in [0, 0.1) is 6.92 Å². The first-order valence-electron chi connectivity index (χ1n) is 8.54. The first-order valence-corrected chi connectivity index (χ1v) is 8.92. The van der Waals surface area contributed by atoms with Gasteiger partial charge < -0.3 is 18.9 Å². The van der Waals surface area contributed by atoms with Crippen LogP contribution in [0.1, 0.15) is 18.1 Å². The Morgan fingerprint density at radius 1 is 0.885 bits per heavy atom. The lowest BCUT2D eigenvalue weighted by molar-refractivity contribution is 0.0757. The van der Waals surface area contributed by atoms with Gasteiger partial charge in [0.2, 0.25) is 0 Å². The first-order chi connectivity index (χ1) is 12.6. The van der Waals surface area contributed by atoms with Crippen LogP contribution in [0.25, 0.3) is 6.08 Å². The number of ether oxygens (including phenoxy) is 4. The van der Waals surface area contributed by atoms with Gasteiger partial charge in [-0.3, -0.25) is 0 Å². The van der Waals surface area contributed by atoms with Crippen LogP contribution >= 0.6 is 11.6 Å². The maximum absolute atomic E-state index is 6.08. The summed E-state index contributed by atoms with van der Waals surface area (Å²) in [5.74, 6) is 2.09. The van der Waals surface area contributed by atoms with Gasteiger partial charge in [0.15, 0.2) is 11.5 Å². The lowest BCUT2D eigenvalue weighted by atomic mass is 10.2. The molecule has 0 amide bonds. The summed E-state index contributed by atoms with van der Waals surface area (Å²) in [5.41, 5.74) is 2.17. The van der Waals surface area contributed by atoms with Crippen molar-refractivity contribution in [2.75, 3.05) is 33.5 Å². The van der Waals surface area contributed by atoms with Crippen LogP contribution in [0.4, 0.5) is 0 Å². The minimum Gasteiger partial charge on any atom is -0.493 e. The van der Waals surface area contributed by atoms with E-state index in [1.807, 2.05) is 62.4 Å². The van der Waals surface area contributed by atoms with E-state index < -0.39 is 0 Å². The monoisotopic (exact) mass is 376 g/mol. The summed E-state index contributed by atoms with van der Waals surface area (Å²) in [5, 5.41) is 0.604. The highest BCUT2D eigenvalue weighted by atomic mass is 35.5. The highest BCUT2D eigenvalue weighted by Crippen LogP contribution is 2.28. The summed E-state index contributed by atoms with van der Waals surface area (Å²) >= 11 is 6.08. The van der Waals surface area contributed by atoms with Crippen LogP contribution in [0.2, 0.25) is 5.02 Å². The van der Waals surface area contributed by atoms with E-state index in [-0.39, 0.29) is 0 Å². The number of halogens is 1. The number of hydrogen-bond donors (Lipinski definition) is 0. The maximum atomic E-state index is 6.08. The average molecular weight is 377 g/mol. The number of methoxy groups -OCH3 is 1. The average Bonchev–Trinajstić information content (AvgIpc) is 2.64. The van der Waals surface area contributed by atoms with Crippen molar-refractivity contribution in [2.24, 2.45) is 0 Å². The molecular weight excluding hydrogens is 352 g/mol. The van der Waals surface area contributed by atoms with Gasteiger partial charge in [-0.15, -0.1) is 0 Å². The van der Waals surface area contributed by atoms with E-state index in [4.69, 9.17) is 30.5 Å². The fourth-order valence-corrected chi connectivity index (χ4v) is 2.52. The van der Waals surface area contributed by atoms with Gasteiger partial charge in [-0.05, 0) is 49.2 Å². The Kier molecular flexibility index (Phi) is 8.32. The van der Waals surface area contributed by atoms with Crippen molar-refractivity contribution in [3.63, 3.8) is 0 Å². The number of benzene rings is 2. The second-order valence-electron chi connectivity index (χ2n) is 5.65. The molecule has 0 N–H and O–H groups in total. The van der Waals surface area contributed by atoms with Crippen molar-refractivity contribution in [3.05, 3.63) is 58.6 Å². The van der Waals surface area contributed by atoms with E-state index in [2.05, 4.69) is 0 Å². The predicted octanol–water partition coefficient (Wildman–Crippen LogP) is 5.16. The Labute approximate surface area is 160 Å².